The van der Waals surface area contributed by atoms with Gasteiger partial charge in [0.2, 0.25) is 0 Å². The number of anilines is 1. The summed E-state index contributed by atoms with van der Waals surface area (Å²) in [6.07, 6.45) is 7.27. The zero-order valence-electron chi connectivity index (χ0n) is 33.7. The van der Waals surface area contributed by atoms with Gasteiger partial charge in [0.25, 0.3) is 0 Å². The highest BCUT2D eigenvalue weighted by Gasteiger charge is 2.46. The molecular weight excluding hydrogens is 824 g/mol. The molecule has 10 nitrogen and oxygen atoms in total. The Kier molecular flexibility index (Phi) is 12.6. The minimum Gasteiger partial charge on any atom is -0.444 e. The number of pyridine rings is 1. The lowest BCUT2D eigenvalue weighted by molar-refractivity contribution is 0.00566. The van der Waals surface area contributed by atoms with Gasteiger partial charge in [-0.1, -0.05) is 75.7 Å². The van der Waals surface area contributed by atoms with Crippen molar-refractivity contribution in [3.63, 3.8) is 0 Å². The monoisotopic (exact) mass is 882 g/mol. The van der Waals surface area contributed by atoms with Crippen molar-refractivity contribution >= 4 is 56.3 Å². The Morgan fingerprint density at radius 2 is 1.48 bits per heavy atom. The summed E-state index contributed by atoms with van der Waals surface area (Å²) in [5.41, 5.74) is 5.17. The van der Waals surface area contributed by atoms with Crippen molar-refractivity contribution in [3.8, 4) is 22.4 Å². The summed E-state index contributed by atoms with van der Waals surface area (Å²) in [5, 5.41) is 5.00. The maximum absolute atomic E-state index is 13.4. The number of carbonyl (C=O) groups excluding carboxylic acids is 1. The van der Waals surface area contributed by atoms with Crippen molar-refractivity contribution in [2.24, 2.45) is 0 Å². The van der Waals surface area contributed by atoms with Crippen LogP contribution in [-0.4, -0.2) is 91.1 Å². The van der Waals surface area contributed by atoms with E-state index < -0.39 is 21.7 Å². The number of hydrogen-bond donors (Lipinski definition) is 0. The second kappa shape index (κ2) is 16.7. The van der Waals surface area contributed by atoms with Gasteiger partial charge in [-0.15, -0.1) is 0 Å². The predicted octanol–water partition coefficient (Wildman–Crippen LogP) is 10.1. The molecule has 13 heteroatoms. The van der Waals surface area contributed by atoms with Crippen molar-refractivity contribution in [2.75, 3.05) is 31.6 Å². The number of halogens is 1. The molecule has 6 rings (SSSR count). The number of ether oxygens (including phenoxy) is 3. The van der Waals surface area contributed by atoms with E-state index in [0.29, 0.717) is 26.7 Å². The summed E-state index contributed by atoms with van der Waals surface area (Å²) >= 11 is 2.48. The number of benzene rings is 1. The third-order valence-electron chi connectivity index (χ3n) is 10.2. The fourth-order valence-electron chi connectivity index (χ4n) is 7.33. The third kappa shape index (κ3) is 10.1. The van der Waals surface area contributed by atoms with E-state index in [9.17, 15) is 4.79 Å². The SMILES string of the molecule is CC(C)(C)OC(=O)N1C2CCC1CC(c1nc3c(-c4ccc(-c5ccccc5)nc4)cnn3c(N(COCC[Si](C)(C)C)COCC[Si](C)(C)C)c1I)C2. The standard InChI is InChI=1S/C41H59IN6O4Si2/c1-41(2,3)52-40(49)47-32-16-17-33(47)24-31(23-32)37-36(42)39(46(27-50-19-21-53(4,5)6)28-51-20-22-54(7,8)9)48-38(45-37)34(26-44-48)30-15-18-35(43-25-30)29-13-11-10-12-14-29/h10-15,18,25-26,31-33H,16-17,19-24,27-28H2,1-9H3. The van der Waals surface area contributed by atoms with Crippen LogP contribution in [0.2, 0.25) is 51.4 Å². The largest absolute Gasteiger partial charge is 0.444 e. The highest BCUT2D eigenvalue weighted by atomic mass is 127. The Balaban J connectivity index is 1.40. The number of rotatable bonds is 14. The van der Waals surface area contributed by atoms with Gasteiger partial charge in [0.05, 0.1) is 21.2 Å². The zero-order chi connectivity index (χ0) is 38.8. The molecule has 0 radical (unpaired) electrons. The van der Waals surface area contributed by atoms with E-state index in [1.54, 1.807) is 0 Å². The highest BCUT2D eigenvalue weighted by Crippen LogP contribution is 2.46. The molecule has 2 aliphatic rings. The Labute approximate surface area is 337 Å². The zero-order valence-corrected chi connectivity index (χ0v) is 37.9. The molecule has 2 atom stereocenters. The van der Waals surface area contributed by atoms with Crippen LogP contribution < -0.4 is 4.90 Å². The molecule has 2 saturated heterocycles. The Hall–Kier alpha value is -2.86. The number of aromatic nitrogens is 4. The number of carbonyl (C=O) groups is 1. The van der Waals surface area contributed by atoms with E-state index in [-0.39, 0.29) is 24.1 Å². The van der Waals surface area contributed by atoms with Crippen LogP contribution in [0.1, 0.15) is 58.1 Å². The molecule has 0 saturated carbocycles. The summed E-state index contributed by atoms with van der Waals surface area (Å²) in [6.45, 7) is 22.3. The smallest absolute Gasteiger partial charge is 0.410 e. The Bertz CT molecular complexity index is 1850. The lowest BCUT2D eigenvalue weighted by atomic mass is 9.88. The predicted molar refractivity (Wildman–Crippen MR) is 232 cm³/mol. The molecule has 54 heavy (non-hydrogen) atoms. The molecule has 2 unspecified atom stereocenters. The van der Waals surface area contributed by atoms with E-state index in [2.05, 4.69) is 91.0 Å². The number of fused-ring (bicyclic) bond motifs is 3. The Morgan fingerprint density at radius 1 is 0.870 bits per heavy atom. The quantitative estimate of drug-likeness (QED) is 0.0535. The van der Waals surface area contributed by atoms with Gasteiger partial charge in [-0.2, -0.15) is 9.61 Å². The molecule has 292 valence electrons. The molecular formula is C41H59IN6O4Si2. The number of amides is 1. The fraction of sp³-hybridized carbons (Fsp3) is 0.561. The van der Waals surface area contributed by atoms with Crippen molar-refractivity contribution < 1.29 is 19.0 Å². The van der Waals surface area contributed by atoms with Gasteiger partial charge >= 0.3 is 6.09 Å². The highest BCUT2D eigenvalue weighted by molar-refractivity contribution is 14.1. The van der Waals surface area contributed by atoms with Crippen LogP contribution in [0.4, 0.5) is 10.6 Å². The van der Waals surface area contributed by atoms with Gasteiger partial charge in [-0.25, -0.2) is 9.78 Å². The van der Waals surface area contributed by atoms with Crippen molar-refractivity contribution in [2.45, 2.75) is 121 Å². The second-order valence-corrected chi connectivity index (χ2v) is 30.7. The van der Waals surface area contributed by atoms with Gasteiger partial charge in [0, 0.05) is 70.3 Å². The van der Waals surface area contributed by atoms with Gasteiger partial charge < -0.3 is 24.0 Å². The molecule has 3 aromatic heterocycles. The molecule has 0 aliphatic carbocycles. The van der Waals surface area contributed by atoms with Crippen molar-refractivity contribution in [3.05, 3.63) is 64.1 Å². The molecule has 1 aromatic carbocycles. The third-order valence-corrected chi connectivity index (χ3v) is 14.7. The molecule has 2 aliphatic heterocycles. The van der Waals surface area contributed by atoms with E-state index in [1.807, 2.05) is 60.8 Å². The van der Waals surface area contributed by atoms with Gasteiger partial charge in [0.15, 0.2) is 11.5 Å². The van der Waals surface area contributed by atoms with Crippen LogP contribution in [0.3, 0.4) is 0 Å². The molecule has 2 fully saturated rings. The Morgan fingerprint density at radius 3 is 2.02 bits per heavy atom. The second-order valence-electron chi connectivity index (χ2n) is 18.4. The molecule has 4 aromatic rings. The van der Waals surface area contributed by atoms with Crippen molar-refractivity contribution in [1.29, 1.82) is 0 Å². The summed E-state index contributed by atoms with van der Waals surface area (Å²) in [7, 11) is -2.57. The number of piperidine rings is 1. The van der Waals surface area contributed by atoms with Crippen LogP contribution >= 0.6 is 22.6 Å². The van der Waals surface area contributed by atoms with E-state index in [0.717, 1.165) is 80.9 Å². The molecule has 1 amide bonds. The fourth-order valence-corrected chi connectivity index (χ4v) is 9.98. The molecule has 5 heterocycles. The summed E-state index contributed by atoms with van der Waals surface area (Å²) in [5.74, 6) is 1.10. The number of hydrogen-bond acceptors (Lipinski definition) is 8. The summed E-state index contributed by atoms with van der Waals surface area (Å²) in [4.78, 5) is 27.9. The summed E-state index contributed by atoms with van der Waals surface area (Å²) < 4.78 is 21.8. The molecule has 2 bridgehead atoms. The average Bonchev–Trinajstić information content (AvgIpc) is 3.63. The first-order chi connectivity index (χ1) is 25.5. The van der Waals surface area contributed by atoms with Crippen molar-refractivity contribution in [1.82, 2.24) is 24.5 Å². The maximum atomic E-state index is 13.4. The first-order valence-electron chi connectivity index (χ1n) is 19.5. The molecule has 0 spiro atoms. The van der Waals surface area contributed by atoms with Crippen LogP contribution in [0.25, 0.3) is 28.0 Å². The number of nitrogens with zero attached hydrogens (tertiary/aromatic N) is 6. The lowest BCUT2D eigenvalue weighted by Crippen LogP contribution is -2.48. The summed E-state index contributed by atoms with van der Waals surface area (Å²) in [6, 6.07) is 16.8. The average molecular weight is 883 g/mol. The van der Waals surface area contributed by atoms with Gasteiger partial charge in [0.1, 0.15) is 19.1 Å². The minimum atomic E-state index is -1.28. The van der Waals surface area contributed by atoms with E-state index in [4.69, 9.17) is 29.3 Å². The normalized spacial score (nSPS) is 19.1. The maximum Gasteiger partial charge on any atom is 0.410 e. The topological polar surface area (TPSA) is 94.3 Å². The van der Waals surface area contributed by atoms with Crippen LogP contribution in [0.5, 0.6) is 0 Å². The first kappa shape index (κ1) is 40.8. The van der Waals surface area contributed by atoms with Crippen LogP contribution in [0.15, 0.2) is 54.9 Å². The van der Waals surface area contributed by atoms with Gasteiger partial charge in [-0.3, -0.25) is 4.98 Å². The molecule has 0 N–H and O–H groups in total. The lowest BCUT2D eigenvalue weighted by Gasteiger charge is -2.39. The van der Waals surface area contributed by atoms with E-state index >= 15 is 0 Å². The van der Waals surface area contributed by atoms with E-state index in [1.165, 1.54) is 0 Å². The minimum absolute atomic E-state index is 0.117. The first-order valence-corrected chi connectivity index (χ1v) is 28.0. The van der Waals surface area contributed by atoms with Gasteiger partial charge in [-0.05, 0) is 87.2 Å². The van der Waals surface area contributed by atoms with Crippen LogP contribution in [-0.2, 0) is 14.2 Å². The van der Waals surface area contributed by atoms with Crippen LogP contribution in [0, 0.1) is 3.57 Å².